The summed E-state index contributed by atoms with van der Waals surface area (Å²) >= 11 is 0. The molecule has 0 unspecified atom stereocenters. The van der Waals surface area contributed by atoms with E-state index in [4.69, 9.17) is 23.7 Å². The number of rotatable bonds is 16. The Balaban J connectivity index is 0.000000509. The van der Waals surface area contributed by atoms with E-state index in [1.54, 1.807) is 68.8 Å². The van der Waals surface area contributed by atoms with Crippen molar-refractivity contribution >= 4 is 29.7 Å². The summed E-state index contributed by atoms with van der Waals surface area (Å²) in [5.41, 5.74) is 12.0. The highest BCUT2D eigenvalue weighted by molar-refractivity contribution is 5.98. The predicted octanol–water partition coefficient (Wildman–Crippen LogP) is 14.4. The molecule has 0 atom stereocenters. The molecule has 0 aliphatic heterocycles. The highest BCUT2D eigenvalue weighted by Gasteiger charge is 2.27. The van der Waals surface area contributed by atoms with Crippen molar-refractivity contribution < 1.29 is 57.1 Å². The Morgan fingerprint density at radius 3 is 1.18 bits per heavy atom. The standard InChI is InChI=1S/C52H50O8.C10H14O.C5H8O3/c1-31-26-40(18-22-44(31)57-10)51(6,7)41-19-23-45(32(2)27-41)58-48(54)36-14-16-37(17-15-36)49(55)59-46-24-20-42(28-33(46)3)52(8,9)43-21-25-47(34(4)29-43)60-50(56)39-13-11-12-38(30-39)35(5)53;1-7-5-8(2)9(3)10(6-7)11-4;1-3-5(6)8-4-7-2/h11-30H,1-10H3;5-6H,1-4H3;3H,1,4H2,2H3. The van der Waals surface area contributed by atoms with Gasteiger partial charge < -0.3 is 33.2 Å². The number of carbonyl (C=O) groups excluding carboxylic acids is 5. The minimum absolute atomic E-state index is 0.00907. The lowest BCUT2D eigenvalue weighted by Gasteiger charge is -2.27. The van der Waals surface area contributed by atoms with Crippen molar-refractivity contribution in [3.63, 3.8) is 0 Å². The molecular weight excluding hydrogens is 997 g/mol. The molecule has 0 fully saturated rings. The molecule has 12 nitrogen and oxygen atoms in total. The van der Waals surface area contributed by atoms with Gasteiger partial charge in [0.05, 0.1) is 30.9 Å². The van der Waals surface area contributed by atoms with Crippen LogP contribution in [-0.4, -0.2) is 57.8 Å². The number of esters is 4. The van der Waals surface area contributed by atoms with E-state index >= 15 is 0 Å². The number of benzene rings is 7. The largest absolute Gasteiger partial charge is 0.496 e. The Kier molecular flexibility index (Phi) is 21.0. The zero-order valence-electron chi connectivity index (χ0n) is 48.1. The number of carbonyl (C=O) groups is 5. The van der Waals surface area contributed by atoms with E-state index in [1.807, 2.05) is 76.2 Å². The van der Waals surface area contributed by atoms with Gasteiger partial charge in [-0.3, -0.25) is 4.79 Å². The second-order valence-electron chi connectivity index (χ2n) is 20.2. The molecule has 7 aromatic rings. The number of aryl methyl sites for hydroxylation is 6. The fourth-order valence-electron chi connectivity index (χ4n) is 8.53. The zero-order chi connectivity index (χ0) is 58.4. The molecule has 0 heterocycles. The fourth-order valence-corrected chi connectivity index (χ4v) is 8.53. The molecule has 0 spiro atoms. The topological polar surface area (TPSA) is 150 Å². The summed E-state index contributed by atoms with van der Waals surface area (Å²) < 4.78 is 36.7. The summed E-state index contributed by atoms with van der Waals surface area (Å²) in [5, 5.41) is 0. The van der Waals surface area contributed by atoms with Crippen LogP contribution in [0.4, 0.5) is 0 Å². The first-order chi connectivity index (χ1) is 37.3. The van der Waals surface area contributed by atoms with Crippen molar-refractivity contribution in [3.05, 3.63) is 230 Å². The molecule has 7 aromatic carbocycles. The third-order valence-corrected chi connectivity index (χ3v) is 13.7. The second-order valence-corrected chi connectivity index (χ2v) is 20.2. The van der Waals surface area contributed by atoms with Crippen LogP contribution >= 0.6 is 0 Å². The van der Waals surface area contributed by atoms with Crippen molar-refractivity contribution in [2.24, 2.45) is 0 Å². The predicted molar refractivity (Wildman–Crippen MR) is 309 cm³/mol. The van der Waals surface area contributed by atoms with Gasteiger partial charge in [-0.25, -0.2) is 19.2 Å². The second kappa shape index (κ2) is 27.1. The molecular formula is C67H72O12. The van der Waals surface area contributed by atoms with Crippen LogP contribution < -0.4 is 23.7 Å². The van der Waals surface area contributed by atoms with Gasteiger partial charge in [0.2, 0.25) is 0 Å². The van der Waals surface area contributed by atoms with Crippen molar-refractivity contribution in [1.82, 2.24) is 0 Å². The average Bonchev–Trinajstić information content (AvgIpc) is 3.45. The number of ether oxygens (including phenoxy) is 7. The van der Waals surface area contributed by atoms with Crippen LogP contribution in [0.25, 0.3) is 0 Å². The molecule has 0 amide bonds. The first-order valence-corrected chi connectivity index (χ1v) is 25.6. The first kappa shape index (κ1) is 61.2. The van der Waals surface area contributed by atoms with Gasteiger partial charge in [0.25, 0.3) is 0 Å². The van der Waals surface area contributed by atoms with Crippen molar-refractivity contribution in [3.8, 4) is 28.7 Å². The molecule has 412 valence electrons. The van der Waals surface area contributed by atoms with Gasteiger partial charge in [-0.1, -0.05) is 101 Å². The normalized spacial score (nSPS) is 10.9. The lowest BCUT2D eigenvalue weighted by Crippen LogP contribution is -2.20. The van der Waals surface area contributed by atoms with Gasteiger partial charge in [-0.05, 0) is 183 Å². The van der Waals surface area contributed by atoms with Crippen molar-refractivity contribution in [2.75, 3.05) is 28.1 Å². The van der Waals surface area contributed by atoms with E-state index in [9.17, 15) is 24.0 Å². The lowest BCUT2D eigenvalue weighted by atomic mass is 9.77. The van der Waals surface area contributed by atoms with Gasteiger partial charge in [0.15, 0.2) is 12.6 Å². The van der Waals surface area contributed by atoms with Crippen molar-refractivity contribution in [2.45, 2.75) is 93.9 Å². The number of hydrogen-bond acceptors (Lipinski definition) is 12. The van der Waals surface area contributed by atoms with E-state index in [-0.39, 0.29) is 23.6 Å². The summed E-state index contributed by atoms with van der Waals surface area (Å²) in [6.07, 6.45) is 1.08. The molecule has 0 N–H and O–H groups in total. The molecule has 12 heteroatoms. The summed E-state index contributed by atoms with van der Waals surface area (Å²) in [7, 11) is 4.82. The Labute approximate surface area is 465 Å². The number of hydrogen-bond donors (Lipinski definition) is 0. The molecule has 0 radical (unpaired) electrons. The molecule has 79 heavy (non-hydrogen) atoms. The third-order valence-electron chi connectivity index (χ3n) is 13.7. The molecule has 0 saturated carbocycles. The maximum Gasteiger partial charge on any atom is 0.343 e. The summed E-state index contributed by atoms with van der Waals surface area (Å²) in [4.78, 5) is 61.2. The van der Waals surface area contributed by atoms with Crippen LogP contribution in [0.15, 0.2) is 146 Å². The number of Topliss-reactive ketones (excluding diaryl/α,β-unsaturated/α-hetero) is 1. The summed E-state index contributed by atoms with van der Waals surface area (Å²) in [6.45, 7) is 27.1. The van der Waals surface area contributed by atoms with Crippen LogP contribution in [-0.2, 0) is 25.1 Å². The number of methoxy groups -OCH3 is 3. The highest BCUT2D eigenvalue weighted by Crippen LogP contribution is 2.38. The summed E-state index contributed by atoms with van der Waals surface area (Å²) in [5.74, 6) is 0.906. The third kappa shape index (κ3) is 15.8. The van der Waals surface area contributed by atoms with Gasteiger partial charge in [0.1, 0.15) is 28.7 Å². The van der Waals surface area contributed by atoms with E-state index in [2.05, 4.69) is 88.8 Å². The molecule has 0 bridgehead atoms. The highest BCUT2D eigenvalue weighted by atomic mass is 16.7. The zero-order valence-corrected chi connectivity index (χ0v) is 48.1. The van der Waals surface area contributed by atoms with Gasteiger partial charge in [-0.2, -0.15) is 0 Å². The van der Waals surface area contributed by atoms with Crippen LogP contribution in [0.3, 0.4) is 0 Å². The maximum atomic E-state index is 13.2. The van der Waals surface area contributed by atoms with E-state index in [0.29, 0.717) is 33.9 Å². The van der Waals surface area contributed by atoms with Gasteiger partial charge >= 0.3 is 23.9 Å². The Morgan fingerprint density at radius 1 is 0.443 bits per heavy atom. The maximum absolute atomic E-state index is 13.2. The Morgan fingerprint density at radius 2 is 0.823 bits per heavy atom. The molecule has 0 aliphatic carbocycles. The lowest BCUT2D eigenvalue weighted by molar-refractivity contribution is -0.147. The van der Waals surface area contributed by atoms with Crippen LogP contribution in [0.5, 0.6) is 28.7 Å². The Hall–Kier alpha value is -8.61. The average molecular weight is 1070 g/mol. The first-order valence-electron chi connectivity index (χ1n) is 25.6. The molecule has 0 saturated heterocycles. The van der Waals surface area contributed by atoms with E-state index in [1.165, 1.54) is 36.8 Å². The van der Waals surface area contributed by atoms with Crippen LogP contribution in [0, 0.1) is 48.5 Å². The van der Waals surface area contributed by atoms with E-state index < -0.39 is 29.3 Å². The molecule has 0 aliphatic rings. The minimum atomic E-state index is -0.556. The quantitative estimate of drug-likeness (QED) is 0.0298. The van der Waals surface area contributed by atoms with Crippen LogP contribution in [0.2, 0.25) is 0 Å². The Bertz CT molecular complexity index is 3360. The van der Waals surface area contributed by atoms with Gasteiger partial charge in [0, 0.05) is 29.6 Å². The summed E-state index contributed by atoms with van der Waals surface area (Å²) in [6, 6.07) is 40.3. The van der Waals surface area contributed by atoms with Crippen LogP contribution in [0.1, 0.15) is 137 Å². The molecule has 7 rings (SSSR count). The van der Waals surface area contributed by atoms with Crippen molar-refractivity contribution in [1.29, 1.82) is 0 Å². The smallest absolute Gasteiger partial charge is 0.343 e. The SMILES string of the molecule is C=CC(=O)OCOC.COc1cc(C)cc(C)c1C.COc1ccc(C(C)(C)c2ccc(OC(=O)c3ccc(C(=O)Oc4ccc(C(C)(C)c5ccc(OC(=O)c6cccc(C(C)=O)c6)c(C)c5)cc4C)cc3)c(C)c2)cc1C. The fraction of sp³-hybridized carbons (Fsp3) is 0.269. The van der Waals surface area contributed by atoms with Gasteiger partial charge in [-0.15, -0.1) is 0 Å². The molecule has 0 aromatic heterocycles. The monoisotopic (exact) mass is 1070 g/mol. The van der Waals surface area contributed by atoms with E-state index in [0.717, 1.165) is 62.1 Å². The minimum Gasteiger partial charge on any atom is -0.496 e. The number of ketones is 1.